The van der Waals surface area contributed by atoms with Crippen LogP contribution in [0.4, 0.5) is 0 Å². The van der Waals surface area contributed by atoms with Crippen molar-refractivity contribution in [2.24, 2.45) is 7.05 Å². The molecule has 0 aliphatic heterocycles. The summed E-state index contributed by atoms with van der Waals surface area (Å²) in [5.41, 5.74) is 0.790. The van der Waals surface area contributed by atoms with Gasteiger partial charge in [-0.15, -0.1) is 0 Å². The van der Waals surface area contributed by atoms with E-state index in [0.29, 0.717) is 0 Å². The van der Waals surface area contributed by atoms with Gasteiger partial charge in [-0.05, 0) is 6.42 Å². The number of aryl methyl sites for hydroxylation is 1. The van der Waals surface area contributed by atoms with E-state index in [1.54, 1.807) is 6.33 Å². The van der Waals surface area contributed by atoms with Gasteiger partial charge in [-0.2, -0.15) is 0 Å². The molecule has 0 saturated heterocycles. The Balaban J connectivity index is 2.35. The highest BCUT2D eigenvalue weighted by molar-refractivity contribution is 5.00. The van der Waals surface area contributed by atoms with Crippen LogP contribution >= 0.6 is 0 Å². The van der Waals surface area contributed by atoms with Crippen molar-refractivity contribution in [1.29, 1.82) is 0 Å². The van der Waals surface area contributed by atoms with Gasteiger partial charge in [-0.3, -0.25) is 0 Å². The van der Waals surface area contributed by atoms with Gasteiger partial charge in [0.05, 0.1) is 18.1 Å². The molecule has 1 atom stereocenters. The molecular formula is C10H18N2O. The average molecular weight is 182 g/mol. The largest absolute Gasteiger partial charge is 0.387 e. The van der Waals surface area contributed by atoms with E-state index >= 15 is 0 Å². The maximum atomic E-state index is 9.68. The minimum absolute atomic E-state index is 0.382. The van der Waals surface area contributed by atoms with E-state index in [-0.39, 0.29) is 6.10 Å². The van der Waals surface area contributed by atoms with Gasteiger partial charge in [0.2, 0.25) is 0 Å². The highest BCUT2D eigenvalue weighted by atomic mass is 16.3. The lowest BCUT2D eigenvalue weighted by molar-refractivity contribution is 0.159. The average Bonchev–Trinajstić information content (AvgIpc) is 2.52. The van der Waals surface area contributed by atoms with Crippen LogP contribution in [-0.4, -0.2) is 14.7 Å². The molecule has 1 rings (SSSR count). The number of nitrogens with zero attached hydrogens (tertiary/aromatic N) is 2. The standard InChI is InChI=1S/C10H18N2O/c1-3-4-5-6-10(13)9-7-12(2)8-11-9/h7-8,10,13H,3-6H2,1-2H3. The van der Waals surface area contributed by atoms with Crippen LogP contribution in [0.25, 0.3) is 0 Å². The van der Waals surface area contributed by atoms with Crippen molar-refractivity contribution in [2.45, 2.75) is 38.7 Å². The third-order valence-electron chi connectivity index (χ3n) is 2.15. The zero-order valence-electron chi connectivity index (χ0n) is 8.40. The lowest BCUT2D eigenvalue weighted by Gasteiger charge is -2.05. The SMILES string of the molecule is CCCCCC(O)c1cn(C)cn1. The minimum Gasteiger partial charge on any atom is -0.387 e. The Morgan fingerprint density at radius 1 is 1.54 bits per heavy atom. The highest BCUT2D eigenvalue weighted by Gasteiger charge is 2.08. The summed E-state index contributed by atoms with van der Waals surface area (Å²) in [7, 11) is 1.91. The monoisotopic (exact) mass is 182 g/mol. The van der Waals surface area contributed by atoms with Crippen molar-refractivity contribution in [3.8, 4) is 0 Å². The molecule has 0 aliphatic rings. The van der Waals surface area contributed by atoms with Gasteiger partial charge >= 0.3 is 0 Å². The molecule has 3 heteroatoms. The summed E-state index contributed by atoms with van der Waals surface area (Å²) < 4.78 is 1.86. The molecule has 1 aromatic heterocycles. The Kier molecular flexibility index (Phi) is 3.96. The van der Waals surface area contributed by atoms with E-state index in [2.05, 4.69) is 11.9 Å². The Hall–Kier alpha value is -0.830. The van der Waals surface area contributed by atoms with Crippen LogP contribution < -0.4 is 0 Å². The van der Waals surface area contributed by atoms with Gasteiger partial charge in [0.1, 0.15) is 0 Å². The molecule has 0 fully saturated rings. The summed E-state index contributed by atoms with van der Waals surface area (Å²) in [4.78, 5) is 4.11. The fraction of sp³-hybridized carbons (Fsp3) is 0.700. The van der Waals surface area contributed by atoms with Crippen LogP contribution in [0, 0.1) is 0 Å². The number of hydrogen-bond acceptors (Lipinski definition) is 2. The second kappa shape index (κ2) is 5.02. The quantitative estimate of drug-likeness (QED) is 0.707. The number of aliphatic hydroxyl groups is 1. The van der Waals surface area contributed by atoms with E-state index in [1.165, 1.54) is 12.8 Å². The number of unbranched alkanes of at least 4 members (excludes halogenated alkanes) is 2. The van der Waals surface area contributed by atoms with E-state index < -0.39 is 0 Å². The Morgan fingerprint density at radius 3 is 2.85 bits per heavy atom. The third-order valence-corrected chi connectivity index (χ3v) is 2.15. The summed E-state index contributed by atoms with van der Waals surface area (Å²) >= 11 is 0. The van der Waals surface area contributed by atoms with Crippen molar-refractivity contribution >= 4 is 0 Å². The summed E-state index contributed by atoms with van der Waals surface area (Å²) in [5.74, 6) is 0. The van der Waals surface area contributed by atoms with Gasteiger partial charge in [0, 0.05) is 13.2 Å². The number of hydrogen-bond donors (Lipinski definition) is 1. The predicted octanol–water partition coefficient (Wildman–Crippen LogP) is 2.03. The van der Waals surface area contributed by atoms with Crippen LogP contribution in [0.15, 0.2) is 12.5 Å². The second-order valence-corrected chi connectivity index (χ2v) is 3.48. The summed E-state index contributed by atoms with van der Waals surface area (Å²) in [5, 5.41) is 9.68. The van der Waals surface area contributed by atoms with Crippen LogP contribution in [0.2, 0.25) is 0 Å². The highest BCUT2D eigenvalue weighted by Crippen LogP contribution is 2.17. The summed E-state index contributed by atoms with van der Waals surface area (Å²) in [6.45, 7) is 2.16. The van der Waals surface area contributed by atoms with E-state index in [0.717, 1.165) is 18.5 Å². The third kappa shape index (κ3) is 3.19. The van der Waals surface area contributed by atoms with Gasteiger partial charge in [-0.25, -0.2) is 4.98 Å². The fourth-order valence-corrected chi connectivity index (χ4v) is 1.34. The lowest BCUT2D eigenvalue weighted by Crippen LogP contribution is -1.97. The van der Waals surface area contributed by atoms with Crippen molar-refractivity contribution in [2.75, 3.05) is 0 Å². The zero-order valence-corrected chi connectivity index (χ0v) is 8.40. The normalized spacial score (nSPS) is 13.2. The Bertz CT molecular complexity index is 245. The van der Waals surface area contributed by atoms with E-state index in [1.807, 2.05) is 17.8 Å². The molecule has 1 N–H and O–H groups in total. The van der Waals surface area contributed by atoms with Crippen molar-refractivity contribution < 1.29 is 5.11 Å². The number of rotatable bonds is 5. The van der Waals surface area contributed by atoms with Gasteiger partial charge in [0.15, 0.2) is 0 Å². The molecule has 0 aromatic carbocycles. The molecule has 0 amide bonds. The number of aliphatic hydroxyl groups excluding tert-OH is 1. The molecule has 0 radical (unpaired) electrons. The molecular weight excluding hydrogens is 164 g/mol. The smallest absolute Gasteiger partial charge is 0.0975 e. The van der Waals surface area contributed by atoms with E-state index in [9.17, 15) is 5.11 Å². The molecule has 0 spiro atoms. The topological polar surface area (TPSA) is 38.0 Å². The van der Waals surface area contributed by atoms with Crippen molar-refractivity contribution in [3.05, 3.63) is 18.2 Å². The fourth-order valence-electron chi connectivity index (χ4n) is 1.34. The zero-order chi connectivity index (χ0) is 9.68. The van der Waals surface area contributed by atoms with Crippen LogP contribution in [-0.2, 0) is 7.05 Å². The van der Waals surface area contributed by atoms with Crippen molar-refractivity contribution in [3.63, 3.8) is 0 Å². The second-order valence-electron chi connectivity index (χ2n) is 3.48. The lowest BCUT2D eigenvalue weighted by atomic mass is 10.1. The Morgan fingerprint density at radius 2 is 2.31 bits per heavy atom. The first-order valence-corrected chi connectivity index (χ1v) is 4.90. The molecule has 0 bridgehead atoms. The molecule has 13 heavy (non-hydrogen) atoms. The maximum Gasteiger partial charge on any atom is 0.0975 e. The molecule has 0 aliphatic carbocycles. The molecule has 1 unspecified atom stereocenters. The van der Waals surface area contributed by atoms with Crippen molar-refractivity contribution in [1.82, 2.24) is 9.55 Å². The minimum atomic E-state index is -0.382. The Labute approximate surface area is 79.4 Å². The first-order valence-electron chi connectivity index (χ1n) is 4.90. The molecule has 0 saturated carbocycles. The van der Waals surface area contributed by atoms with Crippen LogP contribution in [0.3, 0.4) is 0 Å². The van der Waals surface area contributed by atoms with Gasteiger partial charge in [-0.1, -0.05) is 26.2 Å². The number of aromatic nitrogens is 2. The van der Waals surface area contributed by atoms with Gasteiger partial charge < -0.3 is 9.67 Å². The molecule has 3 nitrogen and oxygen atoms in total. The molecule has 74 valence electrons. The molecule has 1 heterocycles. The van der Waals surface area contributed by atoms with Crippen LogP contribution in [0.5, 0.6) is 0 Å². The van der Waals surface area contributed by atoms with Gasteiger partial charge in [0.25, 0.3) is 0 Å². The van der Waals surface area contributed by atoms with E-state index in [4.69, 9.17) is 0 Å². The first-order chi connectivity index (χ1) is 6.24. The predicted molar refractivity (Wildman–Crippen MR) is 52.3 cm³/mol. The summed E-state index contributed by atoms with van der Waals surface area (Å²) in [6.07, 6.45) is 7.49. The maximum absolute atomic E-state index is 9.68. The summed E-state index contributed by atoms with van der Waals surface area (Å²) in [6, 6.07) is 0. The first kappa shape index (κ1) is 10.3. The van der Waals surface area contributed by atoms with Crippen LogP contribution in [0.1, 0.15) is 44.4 Å². The molecule has 1 aromatic rings. The number of imidazole rings is 1.